The Hall–Kier alpha value is -2.98. The van der Waals surface area contributed by atoms with Gasteiger partial charge >= 0.3 is 5.97 Å². The first-order valence-electron chi connectivity index (χ1n) is 13.8. The summed E-state index contributed by atoms with van der Waals surface area (Å²) in [5.41, 5.74) is 6.36. The number of hydrogen-bond donors (Lipinski definition) is 0. The van der Waals surface area contributed by atoms with Crippen molar-refractivity contribution in [3.05, 3.63) is 77.0 Å². The molecule has 0 amide bonds. The Balaban J connectivity index is 1.45. The van der Waals surface area contributed by atoms with Crippen LogP contribution < -0.4 is 0 Å². The van der Waals surface area contributed by atoms with E-state index in [9.17, 15) is 13.2 Å². The number of methoxy groups -OCH3 is 2. The molecule has 2 aliphatic rings. The minimum absolute atomic E-state index is 0.0297. The molecular formula is C31H39N3O5S. The van der Waals surface area contributed by atoms with Crippen LogP contribution in [0, 0.1) is 13.8 Å². The van der Waals surface area contributed by atoms with E-state index in [0.717, 1.165) is 19.4 Å². The van der Waals surface area contributed by atoms with Gasteiger partial charge in [0.15, 0.2) is 5.03 Å². The molecule has 0 saturated carbocycles. The molecule has 2 aromatic carbocycles. The van der Waals surface area contributed by atoms with Gasteiger partial charge in [0.05, 0.1) is 13.7 Å². The maximum absolute atomic E-state index is 13.9. The normalized spacial score (nSPS) is 22.2. The van der Waals surface area contributed by atoms with Gasteiger partial charge in [-0.3, -0.25) is 4.90 Å². The SMILES string of the molecule is COCC1C(c2ccc(-c3cccc(C)c3C)cc2)[C@@H]2CN(S(=O)(=O)c3ccc(C(=O)OC)n3C)CCCCN12. The lowest BCUT2D eigenvalue weighted by Gasteiger charge is -2.57. The van der Waals surface area contributed by atoms with Gasteiger partial charge in [-0.25, -0.2) is 13.2 Å². The number of sulfonamides is 1. The Labute approximate surface area is 237 Å². The van der Waals surface area contributed by atoms with E-state index in [1.807, 2.05) is 0 Å². The third kappa shape index (κ3) is 5.00. The summed E-state index contributed by atoms with van der Waals surface area (Å²) in [6, 6.07) is 18.3. The van der Waals surface area contributed by atoms with Crippen LogP contribution in [0.15, 0.2) is 59.6 Å². The van der Waals surface area contributed by atoms with Gasteiger partial charge in [-0.1, -0.05) is 42.5 Å². The van der Waals surface area contributed by atoms with Crippen molar-refractivity contribution < 1.29 is 22.7 Å². The summed E-state index contributed by atoms with van der Waals surface area (Å²) in [7, 11) is 0.774. The molecule has 0 bridgehead atoms. The lowest BCUT2D eigenvalue weighted by molar-refractivity contribution is -0.0635. The third-order valence-electron chi connectivity index (χ3n) is 8.77. The molecular weight excluding hydrogens is 526 g/mol. The van der Waals surface area contributed by atoms with Gasteiger partial charge in [0, 0.05) is 45.2 Å². The van der Waals surface area contributed by atoms with E-state index in [-0.39, 0.29) is 28.7 Å². The van der Waals surface area contributed by atoms with E-state index in [1.54, 1.807) is 18.5 Å². The molecule has 40 heavy (non-hydrogen) atoms. The molecule has 0 radical (unpaired) electrons. The molecule has 2 unspecified atom stereocenters. The molecule has 8 nitrogen and oxygen atoms in total. The average Bonchev–Trinajstić information content (AvgIpc) is 3.33. The van der Waals surface area contributed by atoms with Crippen molar-refractivity contribution in [3.8, 4) is 11.1 Å². The second-order valence-electron chi connectivity index (χ2n) is 10.9. The minimum atomic E-state index is -3.83. The molecule has 3 aromatic rings. The molecule has 0 spiro atoms. The van der Waals surface area contributed by atoms with Crippen LogP contribution in [0.25, 0.3) is 11.1 Å². The minimum Gasteiger partial charge on any atom is -0.464 e. The number of esters is 1. The van der Waals surface area contributed by atoms with Crippen LogP contribution in [-0.2, 0) is 26.5 Å². The molecule has 0 N–H and O–H groups in total. The second-order valence-corrected chi connectivity index (χ2v) is 12.8. The molecule has 214 valence electrons. The summed E-state index contributed by atoms with van der Waals surface area (Å²) >= 11 is 0. The van der Waals surface area contributed by atoms with Gasteiger partial charge in [0.25, 0.3) is 10.0 Å². The molecule has 9 heteroatoms. The van der Waals surface area contributed by atoms with E-state index in [4.69, 9.17) is 9.47 Å². The zero-order valence-corrected chi connectivity index (χ0v) is 24.8. The zero-order valence-electron chi connectivity index (χ0n) is 24.0. The van der Waals surface area contributed by atoms with Crippen LogP contribution in [0.4, 0.5) is 0 Å². The summed E-state index contributed by atoms with van der Waals surface area (Å²) in [5.74, 6) is -0.420. The monoisotopic (exact) mass is 565 g/mol. The highest BCUT2D eigenvalue weighted by Crippen LogP contribution is 2.43. The fourth-order valence-electron chi connectivity index (χ4n) is 6.42. The first-order valence-corrected chi connectivity index (χ1v) is 15.3. The van der Waals surface area contributed by atoms with Gasteiger partial charge in [0.1, 0.15) is 5.69 Å². The number of hydrogen-bond acceptors (Lipinski definition) is 6. The van der Waals surface area contributed by atoms with Crippen LogP contribution in [0.1, 0.15) is 45.9 Å². The van der Waals surface area contributed by atoms with E-state index in [2.05, 4.69) is 61.2 Å². The molecule has 3 atom stereocenters. The first-order chi connectivity index (χ1) is 19.2. The fourth-order valence-corrected chi connectivity index (χ4v) is 8.09. The number of carbonyl (C=O) groups is 1. The van der Waals surface area contributed by atoms with Crippen molar-refractivity contribution in [1.29, 1.82) is 0 Å². The first kappa shape index (κ1) is 28.5. The highest BCUT2D eigenvalue weighted by atomic mass is 32.2. The largest absolute Gasteiger partial charge is 0.464 e. The van der Waals surface area contributed by atoms with Crippen molar-refractivity contribution >= 4 is 16.0 Å². The summed E-state index contributed by atoms with van der Waals surface area (Å²) in [5, 5.41) is 0.0993. The number of ether oxygens (including phenoxy) is 2. The van der Waals surface area contributed by atoms with Crippen LogP contribution in [0.5, 0.6) is 0 Å². The van der Waals surface area contributed by atoms with Gasteiger partial charge in [-0.05, 0) is 73.2 Å². The van der Waals surface area contributed by atoms with Crippen molar-refractivity contribution in [2.45, 2.75) is 49.7 Å². The molecule has 2 aliphatic heterocycles. The highest BCUT2D eigenvalue weighted by molar-refractivity contribution is 7.89. The predicted octanol–water partition coefficient (Wildman–Crippen LogP) is 4.36. The molecule has 2 fully saturated rings. The Morgan fingerprint density at radius 1 is 0.975 bits per heavy atom. The van der Waals surface area contributed by atoms with Gasteiger partial charge < -0.3 is 14.0 Å². The lowest BCUT2D eigenvalue weighted by atomic mass is 9.74. The Bertz CT molecular complexity index is 1480. The van der Waals surface area contributed by atoms with Crippen molar-refractivity contribution in [1.82, 2.24) is 13.8 Å². The number of aryl methyl sites for hydroxylation is 1. The Morgan fingerprint density at radius 2 is 1.70 bits per heavy atom. The van der Waals surface area contributed by atoms with Crippen molar-refractivity contribution in [2.75, 3.05) is 40.5 Å². The maximum Gasteiger partial charge on any atom is 0.354 e. The maximum atomic E-state index is 13.9. The van der Waals surface area contributed by atoms with E-state index >= 15 is 0 Å². The summed E-state index contributed by atoms with van der Waals surface area (Å²) < 4.78 is 41.3. The number of aromatic nitrogens is 1. The van der Waals surface area contributed by atoms with Gasteiger partial charge in [-0.15, -0.1) is 0 Å². The van der Waals surface area contributed by atoms with Gasteiger partial charge in [0.2, 0.25) is 0 Å². The Morgan fingerprint density at radius 3 is 2.40 bits per heavy atom. The summed E-state index contributed by atoms with van der Waals surface area (Å²) in [6.45, 7) is 6.61. The van der Waals surface area contributed by atoms with Crippen LogP contribution >= 0.6 is 0 Å². The summed E-state index contributed by atoms with van der Waals surface area (Å²) in [6.07, 6.45) is 1.67. The van der Waals surface area contributed by atoms with E-state index in [0.29, 0.717) is 19.7 Å². The van der Waals surface area contributed by atoms with Crippen molar-refractivity contribution in [3.63, 3.8) is 0 Å². The molecule has 1 aromatic heterocycles. The lowest BCUT2D eigenvalue weighted by Crippen LogP contribution is -2.68. The average molecular weight is 566 g/mol. The number of benzene rings is 2. The standard InChI is InChI=1S/C31H39N3O5S/c1-21-9-8-10-25(22(21)2)23-11-13-24(14-12-23)30-27-19-33(17-6-7-18-34(27)28(30)20-38-4)40(36,37)29-16-15-26(32(29)3)31(35)39-5/h8-16,27-28,30H,6-7,17-20H2,1-5H3/t27-,28?,30?/m0/s1. The number of rotatable bonds is 7. The predicted molar refractivity (Wildman–Crippen MR) is 155 cm³/mol. The second kappa shape index (κ2) is 11.5. The molecule has 5 rings (SSSR count). The number of nitrogens with zero attached hydrogens (tertiary/aromatic N) is 3. The third-order valence-corrected chi connectivity index (χ3v) is 10.7. The van der Waals surface area contributed by atoms with E-state index in [1.165, 1.54) is 51.6 Å². The number of fused-ring (bicyclic) bond motifs is 1. The topological polar surface area (TPSA) is 81.1 Å². The highest BCUT2D eigenvalue weighted by Gasteiger charge is 2.50. The van der Waals surface area contributed by atoms with Crippen molar-refractivity contribution in [2.24, 2.45) is 7.05 Å². The number of carbonyl (C=O) groups excluding carboxylic acids is 1. The summed E-state index contributed by atoms with van der Waals surface area (Å²) in [4.78, 5) is 14.5. The fraction of sp³-hybridized carbons (Fsp3) is 0.452. The Kier molecular flexibility index (Phi) is 8.20. The van der Waals surface area contributed by atoms with E-state index < -0.39 is 16.0 Å². The smallest absolute Gasteiger partial charge is 0.354 e. The van der Waals surface area contributed by atoms with Crippen LogP contribution in [0.3, 0.4) is 0 Å². The van der Waals surface area contributed by atoms with Crippen LogP contribution in [-0.4, -0.2) is 80.7 Å². The quantitative estimate of drug-likeness (QED) is 0.396. The zero-order chi connectivity index (χ0) is 28.6. The molecule has 2 saturated heterocycles. The van der Waals surface area contributed by atoms with Gasteiger partial charge in [-0.2, -0.15) is 4.31 Å². The van der Waals surface area contributed by atoms with Crippen LogP contribution in [0.2, 0.25) is 0 Å². The molecule has 3 heterocycles. The molecule has 0 aliphatic carbocycles.